The molecule has 0 aromatic heterocycles. The van der Waals surface area contributed by atoms with Gasteiger partial charge in [-0.1, -0.05) is 12.2 Å². The van der Waals surface area contributed by atoms with Crippen molar-refractivity contribution in [2.24, 2.45) is 11.8 Å². The number of aliphatic hydroxyl groups is 2. The third kappa shape index (κ3) is 2.31. The summed E-state index contributed by atoms with van der Waals surface area (Å²) < 4.78 is 0. The van der Waals surface area contributed by atoms with Crippen LogP contribution in [-0.4, -0.2) is 23.4 Å². The van der Waals surface area contributed by atoms with E-state index in [1.165, 1.54) is 5.57 Å². The summed E-state index contributed by atoms with van der Waals surface area (Å²) in [4.78, 5) is 0. The van der Waals surface area contributed by atoms with Gasteiger partial charge in [0, 0.05) is 13.2 Å². The van der Waals surface area contributed by atoms with Crippen molar-refractivity contribution >= 4 is 0 Å². The Kier molecular flexibility index (Phi) is 3.09. The van der Waals surface area contributed by atoms with Crippen LogP contribution in [-0.2, 0) is 0 Å². The molecule has 2 heteroatoms. The molecule has 0 bridgehead atoms. The number of allylic oxidation sites excluding steroid dienone is 1. The minimum Gasteiger partial charge on any atom is -0.396 e. The third-order valence-corrected chi connectivity index (χ3v) is 2.34. The van der Waals surface area contributed by atoms with Gasteiger partial charge in [-0.15, -0.1) is 0 Å². The van der Waals surface area contributed by atoms with E-state index in [0.29, 0.717) is 11.8 Å². The van der Waals surface area contributed by atoms with Gasteiger partial charge in [0.2, 0.25) is 0 Å². The van der Waals surface area contributed by atoms with Crippen molar-refractivity contribution in [3.63, 3.8) is 0 Å². The predicted octanol–water partition coefficient (Wildman–Crippen LogP) is 0.944. The summed E-state index contributed by atoms with van der Waals surface area (Å²) >= 11 is 0. The Balaban J connectivity index is 2.43. The van der Waals surface area contributed by atoms with E-state index in [-0.39, 0.29) is 13.2 Å². The molecule has 2 atom stereocenters. The molecule has 0 aromatic rings. The summed E-state index contributed by atoms with van der Waals surface area (Å²) in [5.74, 6) is 0.682. The van der Waals surface area contributed by atoms with Crippen LogP contribution in [0.1, 0.15) is 19.3 Å². The summed E-state index contributed by atoms with van der Waals surface area (Å²) in [6.07, 6.45) is 2.83. The molecule has 11 heavy (non-hydrogen) atoms. The average Bonchev–Trinajstić information content (AvgIpc) is 2.03. The largest absolute Gasteiger partial charge is 0.396 e. The highest BCUT2D eigenvalue weighted by molar-refractivity contribution is 5.01. The van der Waals surface area contributed by atoms with Crippen LogP contribution in [0.15, 0.2) is 12.2 Å². The minimum absolute atomic E-state index is 0.232. The van der Waals surface area contributed by atoms with Crippen molar-refractivity contribution in [2.75, 3.05) is 13.2 Å². The van der Waals surface area contributed by atoms with Gasteiger partial charge in [0.1, 0.15) is 0 Å². The molecule has 1 fully saturated rings. The second-order valence-electron chi connectivity index (χ2n) is 3.49. The first-order valence-electron chi connectivity index (χ1n) is 4.14. The number of hydrogen-bond acceptors (Lipinski definition) is 2. The highest BCUT2D eigenvalue weighted by Gasteiger charge is 2.22. The fourth-order valence-electron chi connectivity index (χ4n) is 1.82. The minimum atomic E-state index is 0.232. The van der Waals surface area contributed by atoms with Crippen LogP contribution in [0, 0.1) is 11.8 Å². The van der Waals surface area contributed by atoms with E-state index in [4.69, 9.17) is 10.2 Å². The van der Waals surface area contributed by atoms with Crippen molar-refractivity contribution in [3.05, 3.63) is 12.2 Å². The van der Waals surface area contributed by atoms with Gasteiger partial charge in [-0.25, -0.2) is 0 Å². The number of aliphatic hydroxyl groups excluding tert-OH is 2. The molecule has 1 rings (SSSR count). The molecule has 0 spiro atoms. The topological polar surface area (TPSA) is 40.5 Å². The molecule has 0 amide bonds. The summed E-state index contributed by atoms with van der Waals surface area (Å²) in [6.45, 7) is 4.35. The first-order chi connectivity index (χ1) is 5.26. The molecule has 0 heterocycles. The molecule has 0 radical (unpaired) electrons. The lowest BCUT2D eigenvalue weighted by Crippen LogP contribution is -2.21. The monoisotopic (exact) mass is 156 g/mol. The second kappa shape index (κ2) is 3.88. The lowest BCUT2D eigenvalue weighted by molar-refractivity contribution is 0.142. The van der Waals surface area contributed by atoms with Crippen LogP contribution < -0.4 is 0 Å². The first-order valence-corrected chi connectivity index (χ1v) is 4.14. The van der Waals surface area contributed by atoms with Gasteiger partial charge in [-0.2, -0.15) is 0 Å². The predicted molar refractivity (Wildman–Crippen MR) is 44.1 cm³/mol. The van der Waals surface area contributed by atoms with Crippen LogP contribution in [0.2, 0.25) is 0 Å². The average molecular weight is 156 g/mol. The quantitative estimate of drug-likeness (QED) is 0.584. The van der Waals surface area contributed by atoms with Crippen molar-refractivity contribution < 1.29 is 10.2 Å². The summed E-state index contributed by atoms with van der Waals surface area (Å²) in [6, 6.07) is 0. The summed E-state index contributed by atoms with van der Waals surface area (Å²) in [7, 11) is 0. The fraction of sp³-hybridized carbons (Fsp3) is 0.778. The van der Waals surface area contributed by atoms with E-state index >= 15 is 0 Å². The smallest absolute Gasteiger partial charge is 0.0462 e. The Labute approximate surface area is 67.6 Å². The first kappa shape index (κ1) is 8.75. The molecule has 2 nitrogen and oxygen atoms in total. The Morgan fingerprint density at radius 1 is 1.18 bits per heavy atom. The molecule has 1 aliphatic carbocycles. The highest BCUT2D eigenvalue weighted by Crippen LogP contribution is 2.31. The van der Waals surface area contributed by atoms with Crippen molar-refractivity contribution in [1.82, 2.24) is 0 Å². The van der Waals surface area contributed by atoms with Gasteiger partial charge < -0.3 is 10.2 Å². The maximum Gasteiger partial charge on any atom is 0.0462 e. The Bertz CT molecular complexity index is 128. The Morgan fingerprint density at radius 2 is 1.64 bits per heavy atom. The van der Waals surface area contributed by atoms with Crippen molar-refractivity contribution in [2.45, 2.75) is 19.3 Å². The summed E-state index contributed by atoms with van der Waals surface area (Å²) in [5, 5.41) is 17.8. The fourth-order valence-corrected chi connectivity index (χ4v) is 1.82. The molecule has 2 N–H and O–H groups in total. The SMILES string of the molecule is C=C1CC(CO)CC(CO)C1. The van der Waals surface area contributed by atoms with E-state index in [1.54, 1.807) is 0 Å². The normalized spacial score (nSPS) is 32.4. The van der Waals surface area contributed by atoms with Crippen LogP contribution in [0.3, 0.4) is 0 Å². The molecule has 64 valence electrons. The van der Waals surface area contributed by atoms with Gasteiger partial charge in [-0.3, -0.25) is 0 Å². The zero-order chi connectivity index (χ0) is 8.27. The van der Waals surface area contributed by atoms with E-state index in [2.05, 4.69) is 6.58 Å². The maximum absolute atomic E-state index is 8.90. The molecule has 0 aliphatic heterocycles. The van der Waals surface area contributed by atoms with E-state index in [1.807, 2.05) is 0 Å². The van der Waals surface area contributed by atoms with Gasteiger partial charge in [-0.05, 0) is 31.1 Å². The van der Waals surface area contributed by atoms with E-state index in [0.717, 1.165) is 19.3 Å². The third-order valence-electron chi connectivity index (χ3n) is 2.34. The number of hydrogen-bond donors (Lipinski definition) is 2. The molecular formula is C9H16O2. The maximum atomic E-state index is 8.90. The van der Waals surface area contributed by atoms with Crippen molar-refractivity contribution in [3.8, 4) is 0 Å². The summed E-state index contributed by atoms with van der Waals surface area (Å²) in [5.41, 5.74) is 1.18. The molecular weight excluding hydrogens is 140 g/mol. The highest BCUT2D eigenvalue weighted by atomic mass is 16.3. The molecule has 0 saturated heterocycles. The van der Waals surface area contributed by atoms with E-state index < -0.39 is 0 Å². The van der Waals surface area contributed by atoms with Crippen LogP contribution in [0.4, 0.5) is 0 Å². The molecule has 2 unspecified atom stereocenters. The van der Waals surface area contributed by atoms with Crippen molar-refractivity contribution in [1.29, 1.82) is 0 Å². The van der Waals surface area contributed by atoms with Gasteiger partial charge in [0.15, 0.2) is 0 Å². The number of rotatable bonds is 2. The Hall–Kier alpha value is -0.340. The Morgan fingerprint density at radius 3 is 2.00 bits per heavy atom. The zero-order valence-corrected chi connectivity index (χ0v) is 6.79. The lowest BCUT2D eigenvalue weighted by Gasteiger charge is -2.28. The molecule has 1 aliphatic rings. The van der Waals surface area contributed by atoms with Gasteiger partial charge in [0.05, 0.1) is 0 Å². The van der Waals surface area contributed by atoms with Crippen LogP contribution >= 0.6 is 0 Å². The van der Waals surface area contributed by atoms with Gasteiger partial charge >= 0.3 is 0 Å². The van der Waals surface area contributed by atoms with E-state index in [9.17, 15) is 0 Å². The van der Waals surface area contributed by atoms with Gasteiger partial charge in [0.25, 0.3) is 0 Å². The lowest BCUT2D eigenvalue weighted by atomic mass is 9.80. The standard InChI is InChI=1S/C9H16O2/c1-7-2-8(5-10)4-9(3-7)6-11/h8-11H,1-6H2. The van der Waals surface area contributed by atoms with Crippen LogP contribution in [0.5, 0.6) is 0 Å². The van der Waals surface area contributed by atoms with Crippen LogP contribution in [0.25, 0.3) is 0 Å². The zero-order valence-electron chi connectivity index (χ0n) is 6.79. The molecule has 1 saturated carbocycles. The second-order valence-corrected chi connectivity index (χ2v) is 3.49. The molecule has 0 aromatic carbocycles.